The van der Waals surface area contributed by atoms with Gasteiger partial charge in [0.2, 0.25) is 0 Å². The molecule has 2 nitrogen and oxygen atoms in total. The Morgan fingerprint density at radius 1 is 1.24 bits per heavy atom. The van der Waals surface area contributed by atoms with Crippen molar-refractivity contribution >= 4 is 5.91 Å². The topological polar surface area (TPSA) is 29.1 Å². The Bertz CT molecular complexity index is 413. The fourth-order valence-corrected chi connectivity index (χ4v) is 1.38. The van der Waals surface area contributed by atoms with Crippen LogP contribution < -0.4 is 5.32 Å². The van der Waals surface area contributed by atoms with Crippen LogP contribution in [0.4, 0.5) is 13.2 Å². The third-order valence-electron chi connectivity index (χ3n) is 2.53. The summed E-state index contributed by atoms with van der Waals surface area (Å²) in [5.74, 6) is -1.89. The number of rotatable bonds is 3. The van der Waals surface area contributed by atoms with Gasteiger partial charge >= 0.3 is 12.1 Å². The number of nitrogens with one attached hydrogen (secondary N) is 1. The second-order valence-electron chi connectivity index (χ2n) is 3.92. The molecule has 0 bridgehead atoms. The van der Waals surface area contributed by atoms with Crippen LogP contribution in [-0.4, -0.2) is 18.6 Å². The van der Waals surface area contributed by atoms with Gasteiger partial charge in [-0.25, -0.2) is 0 Å². The van der Waals surface area contributed by atoms with E-state index in [1.54, 1.807) is 0 Å². The van der Waals surface area contributed by atoms with E-state index in [1.165, 1.54) is 0 Å². The third-order valence-corrected chi connectivity index (χ3v) is 2.53. The number of halogens is 3. The SMILES string of the molecule is Cc1ccc(CCNC(=O)C(F)(F)F)cc1C. The number of hydrogen-bond acceptors (Lipinski definition) is 1. The summed E-state index contributed by atoms with van der Waals surface area (Å²) in [6.07, 6.45) is -4.41. The first-order chi connectivity index (χ1) is 7.80. The first-order valence-corrected chi connectivity index (χ1v) is 5.22. The van der Waals surface area contributed by atoms with Crippen LogP contribution in [0.1, 0.15) is 16.7 Å². The molecule has 0 saturated carbocycles. The van der Waals surface area contributed by atoms with Gasteiger partial charge in [0.05, 0.1) is 0 Å². The first-order valence-electron chi connectivity index (χ1n) is 5.22. The molecule has 0 aliphatic carbocycles. The van der Waals surface area contributed by atoms with E-state index >= 15 is 0 Å². The van der Waals surface area contributed by atoms with Crippen molar-refractivity contribution in [3.8, 4) is 0 Å². The summed E-state index contributed by atoms with van der Waals surface area (Å²) in [7, 11) is 0. The van der Waals surface area contributed by atoms with Gasteiger partial charge in [-0.15, -0.1) is 0 Å². The van der Waals surface area contributed by atoms with Crippen LogP contribution >= 0.6 is 0 Å². The van der Waals surface area contributed by atoms with Gasteiger partial charge in [0.15, 0.2) is 0 Å². The minimum absolute atomic E-state index is 0.0131. The molecule has 0 spiro atoms. The highest BCUT2D eigenvalue weighted by Gasteiger charge is 2.38. The second kappa shape index (κ2) is 5.21. The number of alkyl halides is 3. The molecule has 1 aromatic carbocycles. The Balaban J connectivity index is 2.46. The highest BCUT2D eigenvalue weighted by Crippen LogP contribution is 2.14. The number of aryl methyl sites for hydroxylation is 2. The molecular weight excluding hydrogens is 231 g/mol. The van der Waals surface area contributed by atoms with Gasteiger partial charge in [-0.2, -0.15) is 13.2 Å². The normalized spacial score (nSPS) is 11.4. The Hall–Kier alpha value is -1.52. The number of carbonyl (C=O) groups excluding carboxylic acids is 1. The van der Waals surface area contributed by atoms with Crippen LogP contribution in [0.25, 0.3) is 0 Å². The molecule has 0 fully saturated rings. The van der Waals surface area contributed by atoms with Crippen molar-refractivity contribution in [1.29, 1.82) is 0 Å². The van der Waals surface area contributed by atoms with Crippen molar-refractivity contribution in [3.63, 3.8) is 0 Å². The number of hydrogen-bond donors (Lipinski definition) is 1. The van der Waals surface area contributed by atoms with Crippen molar-refractivity contribution in [2.75, 3.05) is 6.54 Å². The van der Waals surface area contributed by atoms with E-state index in [4.69, 9.17) is 0 Å². The number of carbonyl (C=O) groups is 1. The molecule has 1 rings (SSSR count). The van der Waals surface area contributed by atoms with E-state index in [0.29, 0.717) is 6.42 Å². The molecule has 0 aromatic heterocycles. The maximum atomic E-state index is 11.9. The van der Waals surface area contributed by atoms with Crippen LogP contribution in [0.3, 0.4) is 0 Å². The fourth-order valence-electron chi connectivity index (χ4n) is 1.38. The van der Waals surface area contributed by atoms with E-state index in [-0.39, 0.29) is 6.54 Å². The lowest BCUT2D eigenvalue weighted by molar-refractivity contribution is -0.173. The van der Waals surface area contributed by atoms with Crippen molar-refractivity contribution < 1.29 is 18.0 Å². The van der Waals surface area contributed by atoms with E-state index in [1.807, 2.05) is 37.4 Å². The first kappa shape index (κ1) is 13.5. The Kier molecular flexibility index (Phi) is 4.15. The predicted molar refractivity (Wildman–Crippen MR) is 58.7 cm³/mol. The smallest absolute Gasteiger partial charge is 0.348 e. The van der Waals surface area contributed by atoms with Crippen molar-refractivity contribution in [3.05, 3.63) is 34.9 Å². The summed E-state index contributed by atoms with van der Waals surface area (Å²) in [5.41, 5.74) is 3.13. The molecule has 0 heterocycles. The zero-order valence-corrected chi connectivity index (χ0v) is 9.69. The highest BCUT2D eigenvalue weighted by molar-refractivity contribution is 5.81. The quantitative estimate of drug-likeness (QED) is 0.871. The molecule has 0 saturated heterocycles. The minimum atomic E-state index is -4.80. The van der Waals surface area contributed by atoms with Crippen LogP contribution in [0.2, 0.25) is 0 Å². The lowest BCUT2D eigenvalue weighted by Crippen LogP contribution is -2.37. The van der Waals surface area contributed by atoms with E-state index in [9.17, 15) is 18.0 Å². The van der Waals surface area contributed by atoms with Gasteiger partial charge < -0.3 is 5.32 Å². The van der Waals surface area contributed by atoms with Crippen LogP contribution in [0.15, 0.2) is 18.2 Å². The lowest BCUT2D eigenvalue weighted by atomic mass is 10.0. The molecule has 1 aromatic rings. The molecule has 1 amide bonds. The van der Waals surface area contributed by atoms with Gasteiger partial charge in [0.1, 0.15) is 0 Å². The molecule has 94 valence electrons. The molecule has 0 aliphatic rings. The molecule has 0 aliphatic heterocycles. The molecule has 0 atom stereocenters. The highest BCUT2D eigenvalue weighted by atomic mass is 19.4. The largest absolute Gasteiger partial charge is 0.471 e. The molecule has 0 unspecified atom stereocenters. The molecule has 17 heavy (non-hydrogen) atoms. The average Bonchev–Trinajstić information content (AvgIpc) is 2.22. The van der Waals surface area contributed by atoms with Crippen molar-refractivity contribution in [2.24, 2.45) is 0 Å². The van der Waals surface area contributed by atoms with Crippen LogP contribution in [0, 0.1) is 13.8 Å². The van der Waals surface area contributed by atoms with Gasteiger partial charge in [-0.05, 0) is 37.0 Å². The zero-order chi connectivity index (χ0) is 13.1. The zero-order valence-electron chi connectivity index (χ0n) is 9.69. The Morgan fingerprint density at radius 2 is 1.88 bits per heavy atom. The van der Waals surface area contributed by atoms with Crippen molar-refractivity contribution in [1.82, 2.24) is 5.32 Å². The summed E-state index contributed by atoms with van der Waals surface area (Å²) >= 11 is 0. The monoisotopic (exact) mass is 245 g/mol. The molecule has 1 N–H and O–H groups in total. The summed E-state index contributed by atoms with van der Waals surface area (Å²) in [5, 5.41) is 1.84. The summed E-state index contributed by atoms with van der Waals surface area (Å²) < 4.78 is 35.6. The van der Waals surface area contributed by atoms with Gasteiger partial charge in [-0.3, -0.25) is 4.79 Å². The summed E-state index contributed by atoms with van der Waals surface area (Å²) in [4.78, 5) is 10.5. The van der Waals surface area contributed by atoms with Crippen LogP contribution in [0.5, 0.6) is 0 Å². The Labute approximate surface area is 97.8 Å². The van der Waals surface area contributed by atoms with Crippen molar-refractivity contribution in [2.45, 2.75) is 26.4 Å². The summed E-state index contributed by atoms with van der Waals surface area (Å²) in [6.45, 7) is 3.89. The maximum absolute atomic E-state index is 11.9. The minimum Gasteiger partial charge on any atom is -0.348 e. The van der Waals surface area contributed by atoms with E-state index < -0.39 is 12.1 Å². The van der Waals surface area contributed by atoms with E-state index in [0.717, 1.165) is 16.7 Å². The van der Waals surface area contributed by atoms with Gasteiger partial charge in [-0.1, -0.05) is 18.2 Å². The predicted octanol–water partition coefficient (Wildman–Crippen LogP) is 2.52. The summed E-state index contributed by atoms with van der Waals surface area (Å²) in [6, 6.07) is 5.67. The van der Waals surface area contributed by atoms with Gasteiger partial charge in [0, 0.05) is 6.54 Å². The van der Waals surface area contributed by atoms with Gasteiger partial charge in [0.25, 0.3) is 0 Å². The fraction of sp³-hybridized carbons (Fsp3) is 0.417. The molecule has 5 heteroatoms. The number of benzene rings is 1. The standard InChI is InChI=1S/C12H14F3NO/c1-8-3-4-10(7-9(8)2)5-6-16-11(17)12(13,14)15/h3-4,7H,5-6H2,1-2H3,(H,16,17). The van der Waals surface area contributed by atoms with Crippen LogP contribution in [-0.2, 0) is 11.2 Å². The second-order valence-corrected chi connectivity index (χ2v) is 3.92. The average molecular weight is 245 g/mol. The third kappa shape index (κ3) is 4.09. The molecule has 0 radical (unpaired) electrons. The Morgan fingerprint density at radius 3 is 2.41 bits per heavy atom. The van der Waals surface area contributed by atoms with E-state index in [2.05, 4.69) is 0 Å². The number of amides is 1. The maximum Gasteiger partial charge on any atom is 0.471 e. The molecular formula is C12H14F3NO. The lowest BCUT2D eigenvalue weighted by Gasteiger charge is -2.08.